The van der Waals surface area contributed by atoms with Crippen LogP contribution in [0.25, 0.3) is 0 Å². The molecule has 0 saturated heterocycles. The van der Waals surface area contributed by atoms with Gasteiger partial charge < -0.3 is 14.8 Å². The highest BCUT2D eigenvalue weighted by Crippen LogP contribution is 2.30. The van der Waals surface area contributed by atoms with Gasteiger partial charge in [0.1, 0.15) is 16.4 Å². The molecule has 7 nitrogen and oxygen atoms in total. The topological polar surface area (TPSA) is 84.9 Å². The second-order valence-corrected chi connectivity index (χ2v) is 8.45. The summed E-state index contributed by atoms with van der Waals surface area (Å²) in [5.41, 5.74) is 1.35. The molecule has 0 saturated carbocycles. The van der Waals surface area contributed by atoms with E-state index in [-0.39, 0.29) is 23.0 Å². The molecule has 0 bridgehead atoms. The van der Waals surface area contributed by atoms with Crippen LogP contribution in [0.15, 0.2) is 47.4 Å². The van der Waals surface area contributed by atoms with Gasteiger partial charge in [-0.15, -0.1) is 0 Å². The van der Waals surface area contributed by atoms with Crippen molar-refractivity contribution < 1.29 is 22.7 Å². The molecule has 164 valence electrons. The Labute approximate surface area is 179 Å². The number of amides is 1. The van der Waals surface area contributed by atoms with Crippen LogP contribution in [0.2, 0.25) is 0 Å². The van der Waals surface area contributed by atoms with Gasteiger partial charge in [-0.05, 0) is 43.2 Å². The Morgan fingerprint density at radius 3 is 2.37 bits per heavy atom. The van der Waals surface area contributed by atoms with Crippen LogP contribution in [0.3, 0.4) is 0 Å². The molecule has 0 unspecified atom stereocenters. The van der Waals surface area contributed by atoms with Crippen LogP contribution in [-0.4, -0.2) is 45.4 Å². The fourth-order valence-electron chi connectivity index (χ4n) is 3.15. The molecule has 1 amide bonds. The summed E-state index contributed by atoms with van der Waals surface area (Å²) in [6.45, 7) is 6.39. The van der Waals surface area contributed by atoms with Crippen LogP contribution in [0.5, 0.6) is 11.5 Å². The van der Waals surface area contributed by atoms with E-state index in [4.69, 9.17) is 9.47 Å². The highest BCUT2D eigenvalue weighted by molar-refractivity contribution is 7.89. The number of methoxy groups -OCH3 is 1. The van der Waals surface area contributed by atoms with Crippen molar-refractivity contribution in [3.63, 3.8) is 0 Å². The number of sulfonamides is 1. The number of para-hydroxylation sites is 1. The molecule has 0 aromatic heterocycles. The Balaban J connectivity index is 2.20. The van der Waals surface area contributed by atoms with Crippen molar-refractivity contribution in [1.82, 2.24) is 4.31 Å². The number of nitrogens with one attached hydrogen (secondary N) is 1. The summed E-state index contributed by atoms with van der Waals surface area (Å²) < 4.78 is 38.2. The number of carbonyl (C=O) groups excluding carboxylic acids is 1. The monoisotopic (exact) mass is 434 g/mol. The minimum absolute atomic E-state index is 0.0515. The van der Waals surface area contributed by atoms with E-state index in [1.807, 2.05) is 24.3 Å². The lowest BCUT2D eigenvalue weighted by Gasteiger charge is -2.21. The lowest BCUT2D eigenvalue weighted by molar-refractivity contribution is -0.116. The first-order valence-corrected chi connectivity index (χ1v) is 11.5. The Bertz CT molecular complexity index is 956. The van der Waals surface area contributed by atoms with E-state index in [1.165, 1.54) is 10.4 Å². The van der Waals surface area contributed by atoms with Gasteiger partial charge in [0.25, 0.3) is 0 Å². The molecular formula is C22H30N2O5S. The van der Waals surface area contributed by atoms with Crippen molar-refractivity contribution in [2.24, 2.45) is 0 Å². The van der Waals surface area contributed by atoms with E-state index in [9.17, 15) is 13.2 Å². The molecule has 0 spiro atoms. The molecule has 2 aromatic carbocycles. The number of benzene rings is 2. The number of hydrogen-bond acceptors (Lipinski definition) is 5. The number of anilines is 1. The molecular weight excluding hydrogens is 404 g/mol. The lowest BCUT2D eigenvalue weighted by Crippen LogP contribution is -2.31. The number of nitrogens with zero attached hydrogens (tertiary/aromatic N) is 1. The molecule has 0 radical (unpaired) electrons. The average Bonchev–Trinajstić information content (AvgIpc) is 2.74. The number of rotatable bonds is 11. The molecule has 0 atom stereocenters. The summed E-state index contributed by atoms with van der Waals surface area (Å²) in [5, 5.41) is 2.79. The van der Waals surface area contributed by atoms with Crippen molar-refractivity contribution in [3.05, 3.63) is 48.0 Å². The van der Waals surface area contributed by atoms with E-state index >= 15 is 0 Å². The summed E-state index contributed by atoms with van der Waals surface area (Å²) in [5.74, 6) is 0.798. The fraction of sp³-hybridized carbons (Fsp3) is 0.409. The van der Waals surface area contributed by atoms with Crippen LogP contribution in [0.1, 0.15) is 32.8 Å². The Kier molecular flexibility index (Phi) is 8.68. The maximum absolute atomic E-state index is 13.0. The van der Waals surface area contributed by atoms with Crippen molar-refractivity contribution in [3.8, 4) is 11.5 Å². The average molecular weight is 435 g/mol. The highest BCUT2D eigenvalue weighted by Gasteiger charge is 2.26. The predicted molar refractivity (Wildman–Crippen MR) is 118 cm³/mol. The van der Waals surface area contributed by atoms with Crippen LogP contribution >= 0.6 is 0 Å². The minimum atomic E-state index is -3.74. The zero-order valence-electron chi connectivity index (χ0n) is 18.0. The van der Waals surface area contributed by atoms with Gasteiger partial charge in [0.2, 0.25) is 15.9 Å². The molecule has 0 aliphatic rings. The fourth-order valence-corrected chi connectivity index (χ4v) is 4.76. The standard InChI is InChI=1S/C22H30N2O5S/c1-5-24(6-2)30(26,27)21-16-18(13-14-20(21)29-7-3)23-22(25)15-12-17-10-8-9-11-19(17)28-4/h8-11,13-14,16H,5-7,12,15H2,1-4H3,(H,23,25). The maximum atomic E-state index is 13.0. The minimum Gasteiger partial charge on any atom is -0.496 e. The molecule has 8 heteroatoms. The van der Waals surface area contributed by atoms with Gasteiger partial charge >= 0.3 is 0 Å². The van der Waals surface area contributed by atoms with Gasteiger partial charge in [-0.25, -0.2) is 8.42 Å². The van der Waals surface area contributed by atoms with Crippen molar-refractivity contribution in [1.29, 1.82) is 0 Å². The summed E-state index contributed by atoms with van der Waals surface area (Å²) >= 11 is 0. The second kappa shape index (κ2) is 11.0. The molecule has 2 aromatic rings. The smallest absolute Gasteiger partial charge is 0.246 e. The highest BCUT2D eigenvalue weighted by atomic mass is 32.2. The van der Waals surface area contributed by atoms with Crippen LogP contribution in [-0.2, 0) is 21.2 Å². The van der Waals surface area contributed by atoms with Gasteiger partial charge in [-0.1, -0.05) is 32.0 Å². The van der Waals surface area contributed by atoms with E-state index in [0.717, 1.165) is 11.3 Å². The molecule has 0 aliphatic carbocycles. The zero-order chi connectivity index (χ0) is 22.1. The van der Waals surface area contributed by atoms with Gasteiger partial charge in [-0.3, -0.25) is 4.79 Å². The largest absolute Gasteiger partial charge is 0.496 e. The molecule has 30 heavy (non-hydrogen) atoms. The number of ether oxygens (including phenoxy) is 2. The van der Waals surface area contributed by atoms with Gasteiger partial charge in [-0.2, -0.15) is 4.31 Å². The van der Waals surface area contributed by atoms with E-state index in [0.29, 0.717) is 31.8 Å². The summed E-state index contributed by atoms with van der Waals surface area (Å²) in [6, 6.07) is 12.2. The molecule has 0 heterocycles. The molecule has 2 rings (SSSR count). The summed E-state index contributed by atoms with van der Waals surface area (Å²) in [7, 11) is -2.14. The number of carbonyl (C=O) groups is 1. The van der Waals surface area contributed by atoms with Crippen molar-refractivity contribution in [2.45, 2.75) is 38.5 Å². The number of aryl methyl sites for hydroxylation is 1. The third-order valence-electron chi connectivity index (χ3n) is 4.66. The van der Waals surface area contributed by atoms with Crippen LogP contribution in [0.4, 0.5) is 5.69 Å². The maximum Gasteiger partial charge on any atom is 0.246 e. The third-order valence-corrected chi connectivity index (χ3v) is 6.74. The first kappa shape index (κ1) is 23.7. The molecule has 1 N–H and O–H groups in total. The summed E-state index contributed by atoms with van der Waals surface area (Å²) in [4.78, 5) is 12.5. The first-order chi connectivity index (χ1) is 14.4. The predicted octanol–water partition coefficient (Wildman–Crippen LogP) is 3.70. The normalized spacial score (nSPS) is 11.4. The van der Waals surface area contributed by atoms with Crippen LogP contribution in [0, 0.1) is 0 Å². The van der Waals surface area contributed by atoms with E-state index in [1.54, 1.807) is 40.0 Å². The zero-order valence-corrected chi connectivity index (χ0v) is 18.8. The Morgan fingerprint density at radius 1 is 1.03 bits per heavy atom. The Morgan fingerprint density at radius 2 is 1.73 bits per heavy atom. The first-order valence-electron chi connectivity index (χ1n) is 10.1. The van der Waals surface area contributed by atoms with Gasteiger partial charge in [0, 0.05) is 25.2 Å². The quantitative estimate of drug-likeness (QED) is 0.583. The van der Waals surface area contributed by atoms with Crippen molar-refractivity contribution >= 4 is 21.6 Å². The third kappa shape index (κ3) is 5.73. The molecule has 0 aliphatic heterocycles. The number of hydrogen-bond donors (Lipinski definition) is 1. The van der Waals surface area contributed by atoms with E-state index < -0.39 is 10.0 Å². The SMILES string of the molecule is CCOc1ccc(NC(=O)CCc2ccccc2OC)cc1S(=O)(=O)N(CC)CC. The summed E-state index contributed by atoms with van der Waals surface area (Å²) in [6.07, 6.45) is 0.753. The van der Waals surface area contributed by atoms with Gasteiger partial charge in [0.15, 0.2) is 0 Å². The van der Waals surface area contributed by atoms with Crippen molar-refractivity contribution in [2.75, 3.05) is 32.1 Å². The Hall–Kier alpha value is -2.58. The van der Waals surface area contributed by atoms with Crippen LogP contribution < -0.4 is 14.8 Å². The van der Waals surface area contributed by atoms with Gasteiger partial charge in [0.05, 0.1) is 13.7 Å². The lowest BCUT2D eigenvalue weighted by atomic mass is 10.1. The van der Waals surface area contributed by atoms with E-state index in [2.05, 4.69) is 5.32 Å². The second-order valence-electron chi connectivity index (χ2n) is 6.54. The molecule has 0 fully saturated rings.